The number of thioether (sulfide) groups is 1. The number of esters is 1. The minimum Gasteiger partial charge on any atom is -0.465 e. The van der Waals surface area contributed by atoms with Crippen LogP contribution in [0.1, 0.15) is 28.8 Å². The van der Waals surface area contributed by atoms with Crippen LogP contribution in [0.15, 0.2) is 24.3 Å². The molecule has 19 heavy (non-hydrogen) atoms. The summed E-state index contributed by atoms with van der Waals surface area (Å²) in [7, 11) is 1.37. The SMILES string of the molecule is COC(=O)c1cccc(CSCC(=O)NC2CC2)c1. The van der Waals surface area contributed by atoms with E-state index in [0.29, 0.717) is 23.1 Å². The molecule has 0 heterocycles. The van der Waals surface area contributed by atoms with Gasteiger partial charge in [-0.3, -0.25) is 4.79 Å². The maximum absolute atomic E-state index is 11.5. The Bertz CT molecular complexity index is 472. The molecule has 0 spiro atoms. The molecular formula is C14H17NO3S. The summed E-state index contributed by atoms with van der Waals surface area (Å²) in [6.07, 6.45) is 2.22. The van der Waals surface area contributed by atoms with Crippen molar-refractivity contribution in [1.82, 2.24) is 5.32 Å². The van der Waals surface area contributed by atoms with E-state index in [1.54, 1.807) is 23.9 Å². The molecule has 102 valence electrons. The lowest BCUT2D eigenvalue weighted by Gasteiger charge is -2.05. The molecule has 0 saturated heterocycles. The Hall–Kier alpha value is -1.49. The number of carbonyl (C=O) groups excluding carboxylic acids is 2. The first-order valence-electron chi connectivity index (χ1n) is 6.23. The van der Waals surface area contributed by atoms with Crippen molar-refractivity contribution in [2.75, 3.05) is 12.9 Å². The highest BCUT2D eigenvalue weighted by Crippen LogP contribution is 2.19. The van der Waals surface area contributed by atoms with Crippen LogP contribution in [-0.4, -0.2) is 30.8 Å². The van der Waals surface area contributed by atoms with Gasteiger partial charge in [0.1, 0.15) is 0 Å². The molecule has 1 aromatic carbocycles. The summed E-state index contributed by atoms with van der Waals surface area (Å²) in [6, 6.07) is 7.71. The average Bonchev–Trinajstić information content (AvgIpc) is 3.22. The van der Waals surface area contributed by atoms with E-state index in [1.165, 1.54) is 7.11 Å². The molecule has 0 unspecified atom stereocenters. The first-order valence-corrected chi connectivity index (χ1v) is 7.39. The van der Waals surface area contributed by atoms with Crippen molar-refractivity contribution in [3.8, 4) is 0 Å². The van der Waals surface area contributed by atoms with E-state index >= 15 is 0 Å². The largest absolute Gasteiger partial charge is 0.465 e. The Labute approximate surface area is 116 Å². The normalized spacial score (nSPS) is 13.9. The first-order chi connectivity index (χ1) is 9.19. The van der Waals surface area contributed by atoms with Crippen LogP contribution >= 0.6 is 11.8 Å². The van der Waals surface area contributed by atoms with E-state index in [9.17, 15) is 9.59 Å². The maximum atomic E-state index is 11.5. The zero-order valence-electron chi connectivity index (χ0n) is 10.8. The number of amides is 1. The molecule has 4 nitrogen and oxygen atoms in total. The first kappa shape index (κ1) is 13.9. The fourth-order valence-electron chi connectivity index (χ4n) is 1.66. The van der Waals surface area contributed by atoms with Gasteiger partial charge in [0.15, 0.2) is 0 Å². The van der Waals surface area contributed by atoms with Gasteiger partial charge in [-0.25, -0.2) is 4.79 Å². The number of carbonyl (C=O) groups is 2. The molecule has 1 aliphatic carbocycles. The minimum absolute atomic E-state index is 0.0941. The van der Waals surface area contributed by atoms with Crippen LogP contribution in [0.3, 0.4) is 0 Å². The van der Waals surface area contributed by atoms with Crippen LogP contribution in [0.25, 0.3) is 0 Å². The fourth-order valence-corrected chi connectivity index (χ4v) is 2.45. The Balaban J connectivity index is 1.78. The van der Waals surface area contributed by atoms with Crippen molar-refractivity contribution in [3.05, 3.63) is 35.4 Å². The predicted octanol–water partition coefficient (Wildman–Crippen LogP) is 1.98. The Morgan fingerprint density at radius 2 is 2.21 bits per heavy atom. The van der Waals surface area contributed by atoms with Crippen molar-refractivity contribution >= 4 is 23.6 Å². The van der Waals surface area contributed by atoms with E-state index in [4.69, 9.17) is 0 Å². The third-order valence-corrected chi connectivity index (χ3v) is 3.80. The summed E-state index contributed by atoms with van der Waals surface area (Å²) in [5.41, 5.74) is 1.56. The van der Waals surface area contributed by atoms with Crippen LogP contribution in [0.5, 0.6) is 0 Å². The maximum Gasteiger partial charge on any atom is 0.337 e. The van der Waals surface area contributed by atoms with Crippen LogP contribution in [0, 0.1) is 0 Å². The standard InChI is InChI=1S/C14H17NO3S/c1-18-14(17)11-4-2-3-10(7-11)8-19-9-13(16)15-12-5-6-12/h2-4,7,12H,5-6,8-9H2,1H3,(H,15,16). The van der Waals surface area contributed by atoms with Crippen molar-refractivity contribution in [1.29, 1.82) is 0 Å². The van der Waals surface area contributed by atoms with Gasteiger partial charge in [-0.1, -0.05) is 12.1 Å². The lowest BCUT2D eigenvalue weighted by molar-refractivity contribution is -0.118. The highest BCUT2D eigenvalue weighted by molar-refractivity contribution is 7.99. The van der Waals surface area contributed by atoms with Crippen molar-refractivity contribution in [2.24, 2.45) is 0 Å². The van der Waals surface area contributed by atoms with Gasteiger partial charge in [0.05, 0.1) is 18.4 Å². The van der Waals surface area contributed by atoms with E-state index in [0.717, 1.165) is 18.4 Å². The summed E-state index contributed by atoms with van der Waals surface area (Å²) in [5, 5.41) is 2.94. The fraction of sp³-hybridized carbons (Fsp3) is 0.429. The van der Waals surface area contributed by atoms with Gasteiger partial charge in [0.25, 0.3) is 0 Å². The summed E-state index contributed by atoms with van der Waals surface area (Å²) < 4.78 is 4.67. The lowest BCUT2D eigenvalue weighted by Crippen LogP contribution is -2.27. The molecule has 2 rings (SSSR count). The Kier molecular flexibility index (Phi) is 4.85. The van der Waals surface area contributed by atoms with Crippen LogP contribution in [0.2, 0.25) is 0 Å². The van der Waals surface area contributed by atoms with Gasteiger partial charge in [0, 0.05) is 11.8 Å². The molecule has 0 atom stereocenters. The van der Waals surface area contributed by atoms with E-state index in [2.05, 4.69) is 10.1 Å². The number of nitrogens with one attached hydrogen (secondary N) is 1. The molecule has 1 N–H and O–H groups in total. The molecule has 1 aromatic rings. The molecule has 0 bridgehead atoms. The molecular weight excluding hydrogens is 262 g/mol. The number of methoxy groups -OCH3 is 1. The summed E-state index contributed by atoms with van der Waals surface area (Å²) in [4.78, 5) is 22.9. The van der Waals surface area contributed by atoms with Gasteiger partial charge in [-0.05, 0) is 30.5 Å². The quantitative estimate of drug-likeness (QED) is 0.809. The highest BCUT2D eigenvalue weighted by atomic mass is 32.2. The third-order valence-electron chi connectivity index (χ3n) is 2.79. The second-order valence-corrected chi connectivity index (χ2v) is 5.51. The number of ether oxygens (including phenoxy) is 1. The zero-order chi connectivity index (χ0) is 13.7. The molecule has 5 heteroatoms. The molecule has 1 saturated carbocycles. The number of rotatable bonds is 6. The second kappa shape index (κ2) is 6.61. The molecule has 0 radical (unpaired) electrons. The molecule has 1 aliphatic rings. The molecule has 0 aromatic heterocycles. The predicted molar refractivity (Wildman–Crippen MR) is 75.1 cm³/mol. The van der Waals surface area contributed by atoms with Gasteiger partial charge < -0.3 is 10.1 Å². The van der Waals surface area contributed by atoms with Gasteiger partial charge in [-0.2, -0.15) is 0 Å². The Morgan fingerprint density at radius 1 is 1.42 bits per heavy atom. The average molecular weight is 279 g/mol. The van der Waals surface area contributed by atoms with Crippen LogP contribution in [0.4, 0.5) is 0 Å². The highest BCUT2D eigenvalue weighted by Gasteiger charge is 2.22. The third kappa shape index (κ3) is 4.59. The molecule has 1 amide bonds. The van der Waals surface area contributed by atoms with Gasteiger partial charge in [0.2, 0.25) is 5.91 Å². The van der Waals surface area contributed by atoms with E-state index in [1.807, 2.05) is 12.1 Å². The van der Waals surface area contributed by atoms with Crippen molar-refractivity contribution in [2.45, 2.75) is 24.6 Å². The minimum atomic E-state index is -0.335. The summed E-state index contributed by atoms with van der Waals surface area (Å²) >= 11 is 1.55. The lowest BCUT2D eigenvalue weighted by atomic mass is 10.1. The van der Waals surface area contributed by atoms with E-state index in [-0.39, 0.29) is 11.9 Å². The van der Waals surface area contributed by atoms with Crippen LogP contribution in [-0.2, 0) is 15.3 Å². The smallest absolute Gasteiger partial charge is 0.337 e. The van der Waals surface area contributed by atoms with Gasteiger partial charge >= 0.3 is 5.97 Å². The van der Waals surface area contributed by atoms with Gasteiger partial charge in [-0.15, -0.1) is 11.8 Å². The number of hydrogen-bond acceptors (Lipinski definition) is 4. The Morgan fingerprint density at radius 3 is 2.89 bits per heavy atom. The monoisotopic (exact) mass is 279 g/mol. The topological polar surface area (TPSA) is 55.4 Å². The second-order valence-electron chi connectivity index (χ2n) is 4.53. The summed E-state index contributed by atoms with van der Waals surface area (Å²) in [6.45, 7) is 0. The van der Waals surface area contributed by atoms with Crippen molar-refractivity contribution in [3.63, 3.8) is 0 Å². The molecule has 0 aliphatic heterocycles. The number of hydrogen-bond donors (Lipinski definition) is 1. The van der Waals surface area contributed by atoms with E-state index < -0.39 is 0 Å². The number of benzene rings is 1. The van der Waals surface area contributed by atoms with Crippen molar-refractivity contribution < 1.29 is 14.3 Å². The van der Waals surface area contributed by atoms with Crippen LogP contribution < -0.4 is 5.32 Å². The zero-order valence-corrected chi connectivity index (χ0v) is 11.7. The molecule has 1 fully saturated rings. The summed E-state index contributed by atoms with van der Waals surface area (Å²) in [5.74, 6) is 0.928.